The number of nitrogens with zero attached hydrogens (tertiary/aromatic N) is 3. The van der Waals surface area contributed by atoms with Gasteiger partial charge >= 0.3 is 0 Å². The van der Waals surface area contributed by atoms with Gasteiger partial charge in [0.25, 0.3) is 0 Å². The molecule has 2 N–H and O–H groups in total. The highest BCUT2D eigenvalue weighted by molar-refractivity contribution is 7.80. The number of rotatable bonds is 5. The predicted molar refractivity (Wildman–Crippen MR) is 104 cm³/mol. The van der Waals surface area contributed by atoms with Crippen molar-refractivity contribution in [2.24, 2.45) is 0 Å². The van der Waals surface area contributed by atoms with Crippen LogP contribution in [0.4, 0.5) is 5.69 Å². The van der Waals surface area contributed by atoms with Crippen LogP contribution < -0.4 is 10.6 Å². The third-order valence-corrected chi connectivity index (χ3v) is 3.93. The van der Waals surface area contributed by atoms with Crippen LogP contribution >= 0.6 is 23.8 Å². The van der Waals surface area contributed by atoms with Gasteiger partial charge in [0.15, 0.2) is 5.11 Å². The fourth-order valence-electron chi connectivity index (χ4n) is 2.20. The van der Waals surface area contributed by atoms with Crippen molar-refractivity contribution < 1.29 is 4.52 Å². The van der Waals surface area contributed by atoms with Crippen molar-refractivity contribution in [2.75, 3.05) is 5.32 Å². The average molecular weight is 384 g/mol. The number of hydrogen-bond acceptors (Lipinski definition) is 5. The number of benzene rings is 2. The Morgan fingerprint density at radius 2 is 2.04 bits per heavy atom. The highest BCUT2D eigenvalue weighted by Crippen LogP contribution is 2.19. The van der Waals surface area contributed by atoms with E-state index >= 15 is 0 Å². The summed E-state index contributed by atoms with van der Waals surface area (Å²) < 4.78 is 5.22. The van der Waals surface area contributed by atoms with E-state index in [1.54, 1.807) is 12.1 Å². The first kappa shape index (κ1) is 17.9. The lowest BCUT2D eigenvalue weighted by molar-refractivity contribution is 0.376. The molecule has 0 saturated heterocycles. The Labute approximate surface area is 160 Å². The van der Waals surface area contributed by atoms with E-state index in [4.69, 9.17) is 33.6 Å². The molecule has 0 aliphatic carbocycles. The molecule has 0 amide bonds. The van der Waals surface area contributed by atoms with Gasteiger partial charge in [0.05, 0.1) is 19.0 Å². The zero-order valence-electron chi connectivity index (χ0n) is 13.6. The summed E-state index contributed by atoms with van der Waals surface area (Å²) in [5.41, 5.74) is 2.57. The van der Waals surface area contributed by atoms with E-state index < -0.39 is 0 Å². The molecule has 130 valence electrons. The molecule has 3 aromatic rings. The largest absolute Gasteiger partial charge is 0.353 e. The van der Waals surface area contributed by atoms with Crippen LogP contribution in [0.2, 0.25) is 5.02 Å². The van der Waals surface area contributed by atoms with Crippen molar-refractivity contribution in [2.45, 2.75) is 13.0 Å². The fraction of sp³-hybridized carbons (Fsp3) is 0.111. The zero-order valence-corrected chi connectivity index (χ0v) is 15.1. The van der Waals surface area contributed by atoms with E-state index in [0.717, 1.165) is 16.8 Å². The Bertz CT molecular complexity index is 949. The van der Waals surface area contributed by atoms with Gasteiger partial charge in [-0.2, -0.15) is 10.2 Å². The summed E-state index contributed by atoms with van der Waals surface area (Å²) in [6.45, 7) is 0.298. The van der Waals surface area contributed by atoms with Gasteiger partial charge in [0, 0.05) is 16.3 Å². The molecule has 3 rings (SSSR count). The first-order valence-corrected chi connectivity index (χ1v) is 8.52. The van der Waals surface area contributed by atoms with Crippen molar-refractivity contribution in [3.8, 4) is 17.5 Å². The highest BCUT2D eigenvalue weighted by Gasteiger charge is 2.09. The summed E-state index contributed by atoms with van der Waals surface area (Å²) in [5, 5.41) is 19.7. The van der Waals surface area contributed by atoms with Gasteiger partial charge < -0.3 is 15.2 Å². The second kappa shape index (κ2) is 8.43. The van der Waals surface area contributed by atoms with E-state index in [9.17, 15) is 0 Å². The SMILES string of the molecule is N#CCc1ccc(NC(=S)NCc2nc(-c3cccc(Cl)c3)no2)cc1. The molecule has 0 atom stereocenters. The Morgan fingerprint density at radius 1 is 1.23 bits per heavy atom. The maximum Gasteiger partial charge on any atom is 0.246 e. The molecule has 0 aliphatic heterocycles. The molecule has 2 aromatic carbocycles. The van der Waals surface area contributed by atoms with E-state index in [1.165, 1.54) is 0 Å². The number of aromatic nitrogens is 2. The van der Waals surface area contributed by atoms with Crippen LogP contribution in [-0.4, -0.2) is 15.3 Å². The molecule has 0 aliphatic rings. The lowest BCUT2D eigenvalue weighted by atomic mass is 10.1. The van der Waals surface area contributed by atoms with Crippen molar-refractivity contribution >= 4 is 34.6 Å². The van der Waals surface area contributed by atoms with Gasteiger partial charge in [0.2, 0.25) is 11.7 Å². The van der Waals surface area contributed by atoms with Crippen molar-refractivity contribution in [3.05, 3.63) is 65.0 Å². The monoisotopic (exact) mass is 383 g/mol. The molecular formula is C18H14ClN5OS. The number of thiocarbonyl (C=S) groups is 1. The Kier molecular flexibility index (Phi) is 5.79. The minimum atomic E-state index is 0.298. The van der Waals surface area contributed by atoms with Crippen LogP contribution in [-0.2, 0) is 13.0 Å². The molecule has 0 bridgehead atoms. The molecule has 6 nitrogen and oxygen atoms in total. The smallest absolute Gasteiger partial charge is 0.246 e. The van der Waals surface area contributed by atoms with Crippen LogP contribution in [0, 0.1) is 11.3 Å². The maximum atomic E-state index is 8.68. The zero-order chi connectivity index (χ0) is 18.4. The summed E-state index contributed by atoms with van der Waals surface area (Å²) in [6, 6.07) is 16.8. The Morgan fingerprint density at radius 3 is 2.77 bits per heavy atom. The molecule has 0 spiro atoms. The van der Waals surface area contributed by atoms with Crippen LogP contribution in [0.1, 0.15) is 11.5 Å². The van der Waals surface area contributed by atoms with Crippen LogP contribution in [0.15, 0.2) is 53.1 Å². The molecule has 1 heterocycles. The molecular weight excluding hydrogens is 370 g/mol. The third kappa shape index (κ3) is 4.79. The minimum absolute atomic E-state index is 0.298. The third-order valence-electron chi connectivity index (χ3n) is 3.45. The van der Waals surface area contributed by atoms with E-state index in [0.29, 0.717) is 34.8 Å². The number of nitrogens with one attached hydrogen (secondary N) is 2. The summed E-state index contributed by atoms with van der Waals surface area (Å²) in [7, 11) is 0. The van der Waals surface area contributed by atoms with Gasteiger partial charge in [-0.25, -0.2) is 0 Å². The van der Waals surface area contributed by atoms with Crippen LogP contribution in [0.3, 0.4) is 0 Å². The Balaban J connectivity index is 1.54. The van der Waals surface area contributed by atoms with Gasteiger partial charge in [-0.1, -0.05) is 41.0 Å². The average Bonchev–Trinajstić information content (AvgIpc) is 3.11. The molecule has 0 saturated carbocycles. The van der Waals surface area contributed by atoms with E-state index in [2.05, 4.69) is 26.8 Å². The molecule has 8 heteroatoms. The summed E-state index contributed by atoms with van der Waals surface area (Å²) in [5.74, 6) is 0.879. The lowest BCUT2D eigenvalue weighted by Gasteiger charge is -2.09. The standard InChI is InChI=1S/C18H14ClN5OS/c19-14-3-1-2-13(10-14)17-23-16(25-24-17)11-21-18(26)22-15-6-4-12(5-7-15)8-9-20/h1-7,10H,8,11H2,(H2,21,22,26). The van der Waals surface area contributed by atoms with Crippen LogP contribution in [0.25, 0.3) is 11.4 Å². The molecule has 0 unspecified atom stereocenters. The van der Waals surface area contributed by atoms with Crippen LogP contribution in [0.5, 0.6) is 0 Å². The van der Waals surface area contributed by atoms with E-state index in [-0.39, 0.29) is 0 Å². The number of hydrogen-bond donors (Lipinski definition) is 2. The predicted octanol–water partition coefficient (Wildman–Crippen LogP) is 3.94. The second-order valence-electron chi connectivity index (χ2n) is 5.36. The number of nitriles is 1. The Hall–Kier alpha value is -2.95. The molecule has 26 heavy (non-hydrogen) atoms. The lowest BCUT2D eigenvalue weighted by Crippen LogP contribution is -2.28. The molecule has 1 aromatic heterocycles. The summed E-state index contributed by atoms with van der Waals surface area (Å²) in [6.07, 6.45) is 0.384. The summed E-state index contributed by atoms with van der Waals surface area (Å²) >= 11 is 11.2. The minimum Gasteiger partial charge on any atom is -0.353 e. The highest BCUT2D eigenvalue weighted by atomic mass is 35.5. The quantitative estimate of drug-likeness (QED) is 0.645. The first-order valence-electron chi connectivity index (χ1n) is 7.73. The van der Waals surface area contributed by atoms with Gasteiger partial charge in [-0.3, -0.25) is 0 Å². The topological polar surface area (TPSA) is 86.8 Å². The normalized spacial score (nSPS) is 10.2. The number of anilines is 1. The molecule has 0 radical (unpaired) electrons. The first-order chi connectivity index (χ1) is 12.6. The number of halogens is 1. The fourth-order valence-corrected chi connectivity index (χ4v) is 2.58. The van der Waals surface area contributed by atoms with Gasteiger partial charge in [0.1, 0.15) is 0 Å². The van der Waals surface area contributed by atoms with E-state index in [1.807, 2.05) is 36.4 Å². The van der Waals surface area contributed by atoms with Gasteiger partial charge in [-0.15, -0.1) is 0 Å². The molecule has 0 fully saturated rings. The van der Waals surface area contributed by atoms with Crippen molar-refractivity contribution in [1.82, 2.24) is 15.5 Å². The van der Waals surface area contributed by atoms with Gasteiger partial charge in [-0.05, 0) is 42.0 Å². The second-order valence-corrected chi connectivity index (χ2v) is 6.21. The van der Waals surface area contributed by atoms with Crippen molar-refractivity contribution in [3.63, 3.8) is 0 Å². The summed E-state index contributed by atoms with van der Waals surface area (Å²) in [4.78, 5) is 4.32. The van der Waals surface area contributed by atoms with Crippen molar-refractivity contribution in [1.29, 1.82) is 5.26 Å². The maximum absolute atomic E-state index is 8.68.